The Labute approximate surface area is 502 Å². The standard InChI is InChI=1S/C80H46N8/c1-82-76-77(85-60-36-16-8-28-51(60)52-29-9-17-37-61(52)85)59(48-81)78(87-66-42-22-14-34-57(66)74-70(87)46-44-68-72(74)55-32-12-20-40-64(55)83(68)49-24-4-2-5-25-49)80(86-62-38-18-10-30-53(62)54-31-11-19-39-63(54)86)79(76)88-67-43-23-15-35-58(67)75-71(88)47-45-69-73(75)56-33-13-21-41-65(56)84(69)50-26-6-3-7-27-50/h2-47H. The van der Waals surface area contributed by atoms with Gasteiger partial charge in [-0.15, -0.1) is 0 Å². The van der Waals surface area contributed by atoms with Gasteiger partial charge in [0, 0.05) is 76.0 Å². The first-order chi connectivity index (χ1) is 43.7. The molecule has 0 unspecified atom stereocenters. The van der Waals surface area contributed by atoms with Gasteiger partial charge in [0.2, 0.25) is 5.69 Å². The van der Waals surface area contributed by atoms with Crippen molar-refractivity contribution in [3.63, 3.8) is 0 Å². The zero-order valence-electron chi connectivity index (χ0n) is 47.1. The van der Waals surface area contributed by atoms with Crippen molar-refractivity contribution in [2.75, 3.05) is 0 Å². The molecule has 8 nitrogen and oxygen atoms in total. The Kier molecular flexibility index (Phi) is 9.87. The van der Waals surface area contributed by atoms with E-state index in [1.165, 1.54) is 0 Å². The fourth-order valence-electron chi connectivity index (χ4n) is 15.3. The summed E-state index contributed by atoms with van der Waals surface area (Å²) in [7, 11) is 0. The molecule has 19 aromatic rings. The van der Waals surface area contributed by atoms with E-state index in [0.29, 0.717) is 34.0 Å². The molecule has 0 spiro atoms. The van der Waals surface area contributed by atoms with Crippen LogP contribution in [-0.2, 0) is 0 Å². The van der Waals surface area contributed by atoms with Crippen molar-refractivity contribution >= 4 is 137 Å². The number of para-hydroxylation sites is 10. The molecule has 6 heterocycles. The summed E-state index contributed by atoms with van der Waals surface area (Å²) in [4.78, 5) is 4.89. The number of fused-ring (bicyclic) bond motifs is 20. The average Bonchev–Trinajstić information content (AvgIpc) is 1.50. The summed E-state index contributed by atoms with van der Waals surface area (Å²) < 4.78 is 14.1. The number of benzene rings is 13. The van der Waals surface area contributed by atoms with Crippen LogP contribution in [0.15, 0.2) is 279 Å². The lowest BCUT2D eigenvalue weighted by Gasteiger charge is -2.27. The van der Waals surface area contributed by atoms with Gasteiger partial charge in [0.05, 0.1) is 101 Å². The monoisotopic (exact) mass is 1120 g/mol. The van der Waals surface area contributed by atoms with Crippen LogP contribution in [0.2, 0.25) is 0 Å². The number of aromatic nitrogens is 6. The molecule has 0 bridgehead atoms. The minimum absolute atomic E-state index is 0.340. The third kappa shape index (κ3) is 6.24. The van der Waals surface area contributed by atoms with Crippen LogP contribution in [0.4, 0.5) is 5.69 Å². The molecule has 6 aromatic heterocycles. The molecule has 8 heteroatoms. The van der Waals surface area contributed by atoms with E-state index in [1.54, 1.807) is 0 Å². The normalized spacial score (nSPS) is 12.1. The second-order valence-electron chi connectivity index (χ2n) is 22.9. The molecule has 19 rings (SSSR count). The number of rotatable bonds is 6. The summed E-state index contributed by atoms with van der Waals surface area (Å²) in [5.74, 6) is 0. The molecule has 0 radical (unpaired) electrons. The molecule has 0 aliphatic heterocycles. The predicted molar refractivity (Wildman–Crippen MR) is 363 cm³/mol. The van der Waals surface area contributed by atoms with E-state index in [2.05, 4.69) is 313 Å². The Bertz CT molecular complexity index is 5950. The predicted octanol–water partition coefficient (Wildman–Crippen LogP) is 20.7. The molecule has 0 atom stereocenters. The maximum absolute atomic E-state index is 12.9. The Morgan fingerprint density at radius 2 is 0.489 bits per heavy atom. The van der Waals surface area contributed by atoms with E-state index in [1.807, 2.05) is 0 Å². The fourth-order valence-corrected chi connectivity index (χ4v) is 15.3. The van der Waals surface area contributed by atoms with Gasteiger partial charge < -0.3 is 27.4 Å². The van der Waals surface area contributed by atoms with Crippen molar-refractivity contribution in [2.45, 2.75) is 0 Å². The molecular formula is C80H46N8. The molecule has 13 aromatic carbocycles. The van der Waals surface area contributed by atoms with Crippen molar-refractivity contribution in [1.29, 1.82) is 5.26 Å². The van der Waals surface area contributed by atoms with Gasteiger partial charge in [-0.3, -0.25) is 0 Å². The van der Waals surface area contributed by atoms with Crippen LogP contribution in [0.5, 0.6) is 0 Å². The molecule has 88 heavy (non-hydrogen) atoms. The Morgan fingerprint density at radius 3 is 0.818 bits per heavy atom. The third-order valence-corrected chi connectivity index (χ3v) is 18.6. The lowest BCUT2D eigenvalue weighted by atomic mass is 10.0. The van der Waals surface area contributed by atoms with E-state index in [-0.39, 0.29) is 0 Å². The van der Waals surface area contributed by atoms with Gasteiger partial charge in [-0.25, -0.2) is 4.85 Å². The quantitative estimate of drug-likeness (QED) is 0.153. The zero-order valence-corrected chi connectivity index (χ0v) is 47.1. The maximum Gasteiger partial charge on any atom is 0.237 e. The SMILES string of the molecule is [C-]#[N+]c1c(-n2c3ccccc3c3ccccc32)c(C#N)c(-n2c3ccccc3c3c4c5ccccc5n(-c5ccccc5)c4ccc32)c(-n2c3ccccc3c3ccccc32)c1-n1c2ccccc2c2c3c4ccccc4n(-c4ccccc4)c3ccc21. The Balaban J connectivity index is 1.10. The highest BCUT2D eigenvalue weighted by molar-refractivity contribution is 6.31. The van der Waals surface area contributed by atoms with Crippen LogP contribution in [0.1, 0.15) is 5.56 Å². The van der Waals surface area contributed by atoms with Crippen LogP contribution >= 0.6 is 0 Å². The van der Waals surface area contributed by atoms with Gasteiger partial charge >= 0.3 is 0 Å². The van der Waals surface area contributed by atoms with E-state index in [4.69, 9.17) is 4.85 Å². The summed E-state index contributed by atoms with van der Waals surface area (Å²) in [6.07, 6.45) is 0. The zero-order chi connectivity index (χ0) is 57.9. The van der Waals surface area contributed by atoms with Crippen LogP contribution in [0.3, 0.4) is 0 Å². The van der Waals surface area contributed by atoms with E-state index >= 15 is 0 Å². The van der Waals surface area contributed by atoms with Gasteiger partial charge in [0.1, 0.15) is 6.07 Å². The van der Waals surface area contributed by atoms with Gasteiger partial charge in [-0.1, -0.05) is 182 Å². The summed E-state index contributed by atoms with van der Waals surface area (Å²) >= 11 is 0. The van der Waals surface area contributed by atoms with Crippen molar-refractivity contribution in [3.8, 4) is 40.2 Å². The van der Waals surface area contributed by atoms with Crippen LogP contribution in [0, 0.1) is 17.9 Å². The van der Waals surface area contributed by atoms with Crippen molar-refractivity contribution in [2.24, 2.45) is 0 Å². The van der Waals surface area contributed by atoms with Crippen molar-refractivity contribution in [1.82, 2.24) is 27.4 Å². The Morgan fingerprint density at radius 1 is 0.239 bits per heavy atom. The van der Waals surface area contributed by atoms with Crippen molar-refractivity contribution < 1.29 is 0 Å². The minimum atomic E-state index is 0.340. The molecule has 0 saturated heterocycles. The summed E-state index contributed by atoms with van der Waals surface area (Å²) in [5.41, 5.74) is 17.1. The maximum atomic E-state index is 12.9. The van der Waals surface area contributed by atoms with Crippen LogP contribution < -0.4 is 0 Å². The first-order valence-corrected chi connectivity index (χ1v) is 29.7. The van der Waals surface area contributed by atoms with Crippen molar-refractivity contribution in [3.05, 3.63) is 296 Å². The van der Waals surface area contributed by atoms with E-state index in [0.717, 1.165) is 142 Å². The average molecular weight is 1120 g/mol. The van der Waals surface area contributed by atoms with Crippen LogP contribution in [0.25, 0.3) is 170 Å². The smallest absolute Gasteiger partial charge is 0.237 e. The topological polar surface area (TPSA) is 57.7 Å². The second kappa shape index (κ2) is 18.1. The highest BCUT2D eigenvalue weighted by Crippen LogP contribution is 2.54. The number of nitrogens with zero attached hydrogens (tertiary/aromatic N) is 8. The molecule has 0 aliphatic rings. The lowest BCUT2D eigenvalue weighted by molar-refractivity contribution is 1.03. The molecule has 0 amide bonds. The third-order valence-electron chi connectivity index (χ3n) is 18.6. The van der Waals surface area contributed by atoms with E-state index < -0.39 is 0 Å². The minimum Gasteiger partial charge on any atom is -0.318 e. The Hall–Kier alpha value is -12.4. The highest BCUT2D eigenvalue weighted by atomic mass is 15.1. The van der Waals surface area contributed by atoms with Crippen LogP contribution in [-0.4, -0.2) is 27.4 Å². The lowest BCUT2D eigenvalue weighted by Crippen LogP contribution is -2.14. The second-order valence-corrected chi connectivity index (χ2v) is 22.9. The van der Waals surface area contributed by atoms with Gasteiger partial charge in [-0.05, 0) is 97.1 Å². The number of hydrogen-bond donors (Lipinski definition) is 0. The summed E-state index contributed by atoms with van der Waals surface area (Å²) in [5, 5.41) is 25.7. The van der Waals surface area contributed by atoms with Gasteiger partial charge in [0.15, 0.2) is 0 Å². The molecule has 0 saturated carbocycles. The largest absolute Gasteiger partial charge is 0.318 e. The summed E-state index contributed by atoms with van der Waals surface area (Å²) in [6, 6.07) is 102. The first kappa shape index (κ1) is 48.1. The fraction of sp³-hybridized carbons (Fsp3) is 0. The first-order valence-electron chi connectivity index (χ1n) is 29.7. The van der Waals surface area contributed by atoms with E-state index in [9.17, 15) is 11.8 Å². The molecule has 0 aliphatic carbocycles. The molecule has 406 valence electrons. The molecular weight excluding hydrogens is 1070 g/mol. The summed E-state index contributed by atoms with van der Waals surface area (Å²) in [6.45, 7) is 10.0. The number of nitriles is 1. The van der Waals surface area contributed by atoms with Gasteiger partial charge in [0.25, 0.3) is 0 Å². The highest BCUT2D eigenvalue weighted by Gasteiger charge is 2.36. The molecule has 0 N–H and O–H groups in total. The number of hydrogen-bond acceptors (Lipinski definition) is 1. The van der Waals surface area contributed by atoms with Gasteiger partial charge in [-0.2, -0.15) is 5.26 Å². The molecule has 0 fully saturated rings.